The van der Waals surface area contributed by atoms with Gasteiger partial charge in [0.15, 0.2) is 11.6 Å². The van der Waals surface area contributed by atoms with E-state index < -0.39 is 17.5 Å². The van der Waals surface area contributed by atoms with E-state index >= 15 is 0 Å². The Morgan fingerprint density at radius 2 is 1.35 bits per heavy atom. The van der Waals surface area contributed by atoms with Crippen molar-refractivity contribution in [3.63, 3.8) is 0 Å². The second-order valence-electron chi connectivity index (χ2n) is 3.96. The molecule has 2 rings (SSSR count). The lowest BCUT2D eigenvalue weighted by molar-refractivity contribution is 0.490. The molecule has 20 heavy (non-hydrogen) atoms. The molecule has 0 aromatic heterocycles. The molecule has 0 aliphatic carbocycles. The lowest BCUT2D eigenvalue weighted by Gasteiger charge is -2.12. The normalized spacial score (nSPS) is 10.7. The van der Waals surface area contributed by atoms with E-state index in [0.717, 1.165) is 19.5 Å². The van der Waals surface area contributed by atoms with Crippen LogP contribution in [0, 0.1) is 17.5 Å². The molecule has 1 nitrogen and oxygen atoms in total. The quantitative estimate of drug-likeness (QED) is 0.539. The Kier molecular flexibility index (Phi) is 5.14. The van der Waals surface area contributed by atoms with Crippen molar-refractivity contribution in [1.29, 1.82) is 0 Å². The van der Waals surface area contributed by atoms with Crippen LogP contribution >= 0.6 is 47.8 Å². The molecule has 0 unspecified atom stereocenters. The highest BCUT2D eigenvalue weighted by molar-refractivity contribution is 9.11. The minimum absolute atomic E-state index is 0.0296. The maximum atomic E-state index is 13.5. The number of anilines is 1. The smallest absolute Gasteiger partial charge is 0.161 e. The van der Waals surface area contributed by atoms with Crippen molar-refractivity contribution in [3.05, 3.63) is 60.7 Å². The summed E-state index contributed by atoms with van der Waals surface area (Å²) in [6.07, 6.45) is 0. The molecule has 0 spiro atoms. The maximum Gasteiger partial charge on any atom is 0.161 e. The van der Waals surface area contributed by atoms with Crippen molar-refractivity contribution >= 4 is 53.5 Å². The molecular formula is C13H7Br3F3N. The van der Waals surface area contributed by atoms with Crippen LogP contribution in [-0.2, 0) is 6.54 Å². The highest BCUT2D eigenvalue weighted by Crippen LogP contribution is 2.34. The molecule has 0 atom stereocenters. The molecule has 2 aromatic rings. The van der Waals surface area contributed by atoms with Gasteiger partial charge >= 0.3 is 0 Å². The zero-order chi connectivity index (χ0) is 14.9. The Hall–Kier alpha value is -0.530. The first kappa shape index (κ1) is 15.9. The van der Waals surface area contributed by atoms with E-state index in [1.807, 2.05) is 12.1 Å². The summed E-state index contributed by atoms with van der Waals surface area (Å²) >= 11 is 10.1. The van der Waals surface area contributed by atoms with Crippen LogP contribution in [0.3, 0.4) is 0 Å². The van der Waals surface area contributed by atoms with E-state index in [9.17, 15) is 13.2 Å². The van der Waals surface area contributed by atoms with Crippen LogP contribution in [0.25, 0.3) is 0 Å². The van der Waals surface area contributed by atoms with Crippen LogP contribution in [0.15, 0.2) is 37.7 Å². The second-order valence-corrected chi connectivity index (χ2v) is 6.58. The van der Waals surface area contributed by atoms with Crippen molar-refractivity contribution in [2.45, 2.75) is 6.54 Å². The number of hydrogen-bond acceptors (Lipinski definition) is 1. The number of rotatable bonds is 3. The van der Waals surface area contributed by atoms with E-state index in [2.05, 4.69) is 53.1 Å². The highest BCUT2D eigenvalue weighted by atomic mass is 79.9. The molecule has 0 heterocycles. The summed E-state index contributed by atoms with van der Waals surface area (Å²) in [5.74, 6) is -3.06. The average molecular weight is 474 g/mol. The lowest BCUT2D eigenvalue weighted by atomic mass is 10.2. The van der Waals surface area contributed by atoms with Gasteiger partial charge in [0.2, 0.25) is 0 Å². The summed E-state index contributed by atoms with van der Waals surface area (Å²) in [7, 11) is 0. The highest BCUT2D eigenvalue weighted by Gasteiger charge is 2.11. The minimum Gasteiger partial charge on any atom is -0.379 e. The van der Waals surface area contributed by atoms with Gasteiger partial charge in [-0.05, 0) is 50.1 Å². The number of hydrogen-bond donors (Lipinski definition) is 1. The van der Waals surface area contributed by atoms with Gasteiger partial charge < -0.3 is 5.32 Å². The average Bonchev–Trinajstić information content (AvgIpc) is 2.33. The summed E-state index contributed by atoms with van der Waals surface area (Å²) < 4.78 is 41.8. The fraction of sp³-hybridized carbons (Fsp3) is 0.0769. The van der Waals surface area contributed by atoms with E-state index in [4.69, 9.17) is 0 Å². The zero-order valence-corrected chi connectivity index (χ0v) is 14.5. The van der Waals surface area contributed by atoms with Crippen molar-refractivity contribution in [2.24, 2.45) is 0 Å². The Labute approximate surface area is 139 Å². The van der Waals surface area contributed by atoms with Gasteiger partial charge in [-0.3, -0.25) is 0 Å². The van der Waals surface area contributed by atoms with Gasteiger partial charge in [-0.2, -0.15) is 0 Å². The molecule has 0 fully saturated rings. The standard InChI is InChI=1S/C13H7Br3F3N/c14-7-2-8(15)13(9(16)3-7)20-5-6-1-11(18)12(19)4-10(6)17/h1-4,20H,5H2. The molecule has 0 amide bonds. The van der Waals surface area contributed by atoms with Crippen LogP contribution in [0.1, 0.15) is 5.56 Å². The molecule has 0 bridgehead atoms. The van der Waals surface area contributed by atoms with E-state index in [1.165, 1.54) is 0 Å². The molecule has 0 aliphatic heterocycles. The van der Waals surface area contributed by atoms with Crippen molar-refractivity contribution in [2.75, 3.05) is 5.32 Å². The molecular weight excluding hydrogens is 467 g/mol. The third-order valence-corrected chi connectivity index (χ3v) is 4.26. The predicted octanol–water partition coefficient (Wildman–Crippen LogP) is 6.00. The van der Waals surface area contributed by atoms with Gasteiger partial charge in [-0.25, -0.2) is 13.2 Å². The third kappa shape index (κ3) is 3.56. The Balaban J connectivity index is 2.23. The molecule has 106 valence electrons. The van der Waals surface area contributed by atoms with Gasteiger partial charge in [-0.15, -0.1) is 0 Å². The Morgan fingerprint density at radius 3 is 1.95 bits per heavy atom. The van der Waals surface area contributed by atoms with E-state index in [1.54, 1.807) is 0 Å². The first-order valence-electron chi connectivity index (χ1n) is 5.40. The van der Waals surface area contributed by atoms with Crippen molar-refractivity contribution < 1.29 is 13.2 Å². The molecule has 1 N–H and O–H groups in total. The van der Waals surface area contributed by atoms with Gasteiger partial charge in [0.05, 0.1) is 5.69 Å². The van der Waals surface area contributed by atoms with Gasteiger partial charge in [0, 0.05) is 31.6 Å². The van der Waals surface area contributed by atoms with Crippen molar-refractivity contribution in [3.8, 4) is 0 Å². The zero-order valence-electron chi connectivity index (χ0n) is 9.78. The summed E-state index contributed by atoms with van der Waals surface area (Å²) in [6, 6.07) is 5.01. The number of nitrogens with one attached hydrogen (secondary N) is 1. The van der Waals surface area contributed by atoms with Crippen LogP contribution < -0.4 is 5.32 Å². The van der Waals surface area contributed by atoms with Gasteiger partial charge in [0.25, 0.3) is 0 Å². The molecule has 2 aromatic carbocycles. The van der Waals surface area contributed by atoms with Crippen molar-refractivity contribution in [1.82, 2.24) is 0 Å². The van der Waals surface area contributed by atoms with E-state index in [0.29, 0.717) is 11.8 Å². The Morgan fingerprint density at radius 1 is 0.800 bits per heavy atom. The van der Waals surface area contributed by atoms with Crippen LogP contribution in [0.4, 0.5) is 18.9 Å². The lowest BCUT2D eigenvalue weighted by Crippen LogP contribution is -2.04. The minimum atomic E-state index is -1.20. The molecule has 0 aliphatic rings. The monoisotopic (exact) mass is 471 g/mol. The topological polar surface area (TPSA) is 12.0 Å². The third-order valence-electron chi connectivity index (χ3n) is 2.55. The summed E-state index contributed by atoms with van der Waals surface area (Å²) in [5.41, 5.74) is 0.739. The first-order valence-corrected chi connectivity index (χ1v) is 7.78. The van der Waals surface area contributed by atoms with Crippen LogP contribution in [0.2, 0.25) is 0 Å². The predicted molar refractivity (Wildman–Crippen MR) is 83.2 cm³/mol. The summed E-state index contributed by atoms with van der Waals surface area (Å²) in [4.78, 5) is 0. The van der Waals surface area contributed by atoms with E-state index in [-0.39, 0.29) is 12.1 Å². The largest absolute Gasteiger partial charge is 0.379 e. The fourth-order valence-corrected chi connectivity index (χ4v) is 4.13. The summed E-state index contributed by atoms with van der Waals surface area (Å²) in [6.45, 7) is 0.0296. The van der Waals surface area contributed by atoms with Gasteiger partial charge in [-0.1, -0.05) is 15.9 Å². The Bertz CT molecular complexity index is 639. The van der Waals surface area contributed by atoms with Crippen LogP contribution in [0.5, 0.6) is 0 Å². The van der Waals surface area contributed by atoms with Gasteiger partial charge in [0.1, 0.15) is 5.82 Å². The first-order chi connectivity index (χ1) is 9.38. The second kappa shape index (κ2) is 6.49. The SMILES string of the molecule is Fc1cc(F)c(CNc2c(Br)cc(Br)cc2Br)cc1F. The number of halogens is 6. The molecule has 0 radical (unpaired) electrons. The fourth-order valence-electron chi connectivity index (χ4n) is 1.59. The number of benzene rings is 2. The molecule has 0 saturated heterocycles. The maximum absolute atomic E-state index is 13.5. The summed E-state index contributed by atoms with van der Waals surface area (Å²) in [5, 5.41) is 2.97. The molecule has 7 heteroatoms. The molecule has 0 saturated carbocycles. The van der Waals surface area contributed by atoms with Crippen LogP contribution in [-0.4, -0.2) is 0 Å².